The van der Waals surface area contributed by atoms with Gasteiger partial charge in [0.2, 0.25) is 0 Å². The van der Waals surface area contributed by atoms with Crippen molar-refractivity contribution in [1.82, 2.24) is 0 Å². The molecule has 9 heteroatoms. The summed E-state index contributed by atoms with van der Waals surface area (Å²) in [5.41, 5.74) is 1.50. The molecule has 4 radical (unpaired) electrons. The summed E-state index contributed by atoms with van der Waals surface area (Å²) in [6.07, 6.45) is 7.90. The van der Waals surface area contributed by atoms with E-state index in [-0.39, 0.29) is 10.0 Å². The fraction of sp³-hybridized carbons (Fsp3) is 0.250. The van der Waals surface area contributed by atoms with Crippen molar-refractivity contribution in [1.29, 1.82) is 0 Å². The zero-order chi connectivity index (χ0) is 27.5. The average Bonchev–Trinajstić information content (AvgIpc) is 2.97. The molecule has 0 amide bonds. The van der Waals surface area contributed by atoms with Crippen LogP contribution in [0.3, 0.4) is 0 Å². The largest absolute Gasteiger partial charge is 0.414 e. The van der Waals surface area contributed by atoms with E-state index in [1.807, 2.05) is 0 Å². The Labute approximate surface area is 251 Å². The molecule has 0 N–H and O–H groups in total. The van der Waals surface area contributed by atoms with Gasteiger partial charge < -0.3 is 16.5 Å². The second-order valence-electron chi connectivity index (χ2n) is 11.2. The lowest BCUT2D eigenvalue weighted by molar-refractivity contribution is 0.297. The number of hydrogen-bond donors (Lipinski definition) is 0. The Hall–Kier alpha value is -2.20. The molecular formula is C32H34O4Si5. The van der Waals surface area contributed by atoms with Gasteiger partial charge in [0.25, 0.3) is 0 Å². The second-order valence-corrected chi connectivity index (χ2v) is 25.5. The quantitative estimate of drug-likeness (QED) is 0.289. The predicted molar refractivity (Wildman–Crippen MR) is 173 cm³/mol. The first kappa shape index (κ1) is 27.6. The van der Waals surface area contributed by atoms with Gasteiger partial charge in [-0.15, -0.1) is 0 Å². The van der Waals surface area contributed by atoms with Gasteiger partial charge >= 0.3 is 35.9 Å². The van der Waals surface area contributed by atoms with E-state index in [1.165, 1.54) is 38.5 Å². The maximum absolute atomic E-state index is 7.73. The Bertz CT molecular complexity index is 1220. The number of hydrogen-bond acceptors (Lipinski definition) is 4. The first-order chi connectivity index (χ1) is 20.3. The van der Waals surface area contributed by atoms with Crippen LogP contribution in [0.25, 0.3) is 0 Å². The lowest BCUT2D eigenvalue weighted by Gasteiger charge is -2.48. The Morgan fingerprint density at radius 2 is 0.829 bits per heavy atom. The van der Waals surface area contributed by atoms with E-state index in [0.29, 0.717) is 0 Å². The van der Waals surface area contributed by atoms with Gasteiger partial charge in [0.1, 0.15) is 8.31 Å². The zero-order valence-electron chi connectivity index (χ0n) is 23.1. The molecule has 206 valence electrons. The van der Waals surface area contributed by atoms with Crippen molar-refractivity contribution in [3.63, 3.8) is 0 Å². The third-order valence-electron chi connectivity index (χ3n) is 8.78. The van der Waals surface area contributed by atoms with E-state index in [9.17, 15) is 0 Å². The summed E-state index contributed by atoms with van der Waals surface area (Å²) >= 11 is 0. The van der Waals surface area contributed by atoms with Crippen LogP contribution in [0.1, 0.15) is 38.5 Å². The molecule has 4 aromatic rings. The standard InChI is InChI=1S/C32H34O4Si5/c1-5-19-29(20-6-1)40(30-21-7-2-8-22-30)33-37-34-41(31-23-9-3-10-24-31,32-25-11-4-12-26-32)36-39(35-40)38(27-15-13-16-27)28-17-14-18-28/h1-12,19-28H,13-18H2. The highest BCUT2D eigenvalue weighted by Crippen LogP contribution is 2.48. The van der Waals surface area contributed by atoms with Crippen molar-refractivity contribution in [2.75, 3.05) is 0 Å². The first-order valence-corrected chi connectivity index (χ1v) is 23.2. The van der Waals surface area contributed by atoms with Crippen molar-refractivity contribution in [2.24, 2.45) is 0 Å². The van der Waals surface area contributed by atoms with Crippen LogP contribution in [-0.2, 0) is 16.5 Å². The van der Waals surface area contributed by atoms with E-state index in [1.54, 1.807) is 0 Å². The fourth-order valence-corrected chi connectivity index (χ4v) is 31.1. The molecule has 4 nitrogen and oxygen atoms in total. The molecule has 41 heavy (non-hydrogen) atoms. The summed E-state index contributed by atoms with van der Waals surface area (Å²) in [4.78, 5) is 0. The molecule has 0 spiro atoms. The van der Waals surface area contributed by atoms with Gasteiger partial charge in [0.15, 0.2) is 0 Å². The summed E-state index contributed by atoms with van der Waals surface area (Å²) < 4.78 is 29.7. The number of rotatable bonds is 7. The van der Waals surface area contributed by atoms with Crippen LogP contribution >= 0.6 is 0 Å². The van der Waals surface area contributed by atoms with Crippen molar-refractivity contribution >= 4 is 65.0 Å². The van der Waals surface area contributed by atoms with E-state index >= 15 is 0 Å². The molecule has 7 rings (SSSR count). The monoisotopic (exact) mass is 622 g/mol. The van der Waals surface area contributed by atoms with Crippen LogP contribution in [0.5, 0.6) is 0 Å². The Kier molecular flexibility index (Phi) is 8.22. The van der Waals surface area contributed by atoms with Crippen LogP contribution in [0.4, 0.5) is 0 Å². The Balaban J connectivity index is 1.41. The van der Waals surface area contributed by atoms with Crippen LogP contribution < -0.4 is 20.7 Å². The van der Waals surface area contributed by atoms with E-state index in [0.717, 1.165) is 31.8 Å². The van der Waals surface area contributed by atoms with Gasteiger partial charge in [0, 0.05) is 0 Å². The van der Waals surface area contributed by atoms with Crippen LogP contribution in [0.2, 0.25) is 11.1 Å². The van der Waals surface area contributed by atoms with Gasteiger partial charge in [-0.1, -0.05) is 160 Å². The van der Waals surface area contributed by atoms with Crippen LogP contribution in [0.15, 0.2) is 121 Å². The predicted octanol–water partition coefficient (Wildman–Crippen LogP) is 4.28. The topological polar surface area (TPSA) is 36.9 Å². The molecule has 3 fully saturated rings. The average molecular weight is 623 g/mol. The van der Waals surface area contributed by atoms with Gasteiger partial charge in [-0.25, -0.2) is 0 Å². The van der Waals surface area contributed by atoms with Gasteiger partial charge in [-0.2, -0.15) is 0 Å². The molecule has 0 bridgehead atoms. The van der Waals surface area contributed by atoms with Gasteiger partial charge in [-0.05, 0) is 31.8 Å². The molecule has 0 aromatic heterocycles. The SMILES string of the molecule is c1ccc([Si]2(c3ccccc3)O[Si]O[Si](c3ccccc3)(c3ccccc3)O[Si]([Si](C3CCC3)C3CCC3)O2)cc1. The van der Waals surface area contributed by atoms with Gasteiger partial charge in [-0.3, -0.25) is 0 Å². The molecular weight excluding hydrogens is 589 g/mol. The van der Waals surface area contributed by atoms with Crippen molar-refractivity contribution in [3.8, 4) is 0 Å². The Morgan fingerprint density at radius 1 is 0.512 bits per heavy atom. The second kappa shape index (κ2) is 12.2. The number of benzene rings is 4. The lowest BCUT2D eigenvalue weighted by atomic mass is 9.98. The third-order valence-corrected chi connectivity index (χ3v) is 29.0. The summed E-state index contributed by atoms with van der Waals surface area (Å²) in [6.45, 7) is 0. The van der Waals surface area contributed by atoms with Crippen molar-refractivity contribution in [2.45, 2.75) is 49.6 Å². The van der Waals surface area contributed by atoms with Crippen LogP contribution in [-0.4, -0.2) is 44.2 Å². The molecule has 2 aliphatic carbocycles. The van der Waals surface area contributed by atoms with Crippen LogP contribution in [0, 0.1) is 0 Å². The molecule has 0 unspecified atom stereocenters. The summed E-state index contributed by atoms with van der Waals surface area (Å²) in [5, 5.41) is 4.52. The molecule has 1 heterocycles. The minimum Gasteiger partial charge on any atom is -0.411 e. The highest BCUT2D eigenvalue weighted by Gasteiger charge is 2.58. The maximum atomic E-state index is 7.73. The van der Waals surface area contributed by atoms with Gasteiger partial charge in [0.05, 0.1) is 0 Å². The highest BCUT2D eigenvalue weighted by molar-refractivity contribution is 7.24. The molecule has 2 saturated carbocycles. The van der Waals surface area contributed by atoms with Crippen molar-refractivity contribution < 1.29 is 16.5 Å². The Morgan fingerprint density at radius 3 is 1.10 bits per heavy atom. The highest BCUT2D eigenvalue weighted by atomic mass is 29.2. The smallest absolute Gasteiger partial charge is 0.411 e. The summed E-state index contributed by atoms with van der Waals surface area (Å²) in [6, 6.07) is 42.6. The molecule has 4 aromatic carbocycles. The van der Waals surface area contributed by atoms with E-state index in [4.69, 9.17) is 16.5 Å². The first-order valence-electron chi connectivity index (χ1n) is 14.7. The van der Waals surface area contributed by atoms with E-state index < -0.39 is 34.2 Å². The normalized spacial score (nSPS) is 21.4. The zero-order valence-corrected chi connectivity index (χ0v) is 28.1. The van der Waals surface area contributed by atoms with Crippen molar-refractivity contribution in [3.05, 3.63) is 121 Å². The molecule has 1 saturated heterocycles. The minimum atomic E-state index is -3.12. The fourth-order valence-electron chi connectivity index (χ4n) is 6.12. The maximum Gasteiger partial charge on any atom is 0.414 e. The molecule has 1 aliphatic heterocycles. The minimum absolute atomic E-state index is 0.203. The summed E-state index contributed by atoms with van der Waals surface area (Å²) in [5.74, 6) is 0. The summed E-state index contributed by atoms with van der Waals surface area (Å²) in [7, 11) is -9.20. The third kappa shape index (κ3) is 5.28. The lowest BCUT2D eigenvalue weighted by Crippen LogP contribution is -2.76. The molecule has 0 atom stereocenters. The molecule has 3 aliphatic rings. The van der Waals surface area contributed by atoms with E-state index in [2.05, 4.69) is 121 Å².